The van der Waals surface area contributed by atoms with Crippen LogP contribution in [0, 0.1) is 0 Å². The number of carbonyl (C=O) groups is 1. The van der Waals surface area contributed by atoms with E-state index < -0.39 is 0 Å². The maximum absolute atomic E-state index is 12.0. The number of hydrazine groups is 1. The summed E-state index contributed by atoms with van der Waals surface area (Å²) in [5.74, 6) is 5.59. The number of ether oxygens (including phenoxy) is 1. The molecule has 0 radical (unpaired) electrons. The molecule has 94 valence electrons. The van der Waals surface area contributed by atoms with E-state index in [2.05, 4.69) is 10.4 Å². The van der Waals surface area contributed by atoms with Crippen molar-refractivity contribution >= 4 is 11.7 Å². The Hall–Kier alpha value is -1.66. The Morgan fingerprint density at radius 2 is 2.35 bits per heavy atom. The van der Waals surface area contributed by atoms with Crippen molar-refractivity contribution in [3.63, 3.8) is 0 Å². The Balaban J connectivity index is 2.61. The monoisotopic (exact) mass is 238 g/mol. The molecule has 17 heavy (non-hydrogen) atoms. The number of carbonyl (C=O) groups excluding carboxylic acids is 1. The van der Waals surface area contributed by atoms with Crippen molar-refractivity contribution in [1.29, 1.82) is 0 Å². The van der Waals surface area contributed by atoms with Crippen molar-refractivity contribution in [2.24, 2.45) is 5.84 Å². The summed E-state index contributed by atoms with van der Waals surface area (Å²) in [6.45, 7) is 1.27. The van der Waals surface area contributed by atoms with Crippen LogP contribution in [0.25, 0.3) is 0 Å². The van der Waals surface area contributed by atoms with Crippen molar-refractivity contribution in [2.45, 2.75) is 6.42 Å². The zero-order valence-corrected chi connectivity index (χ0v) is 10.1. The van der Waals surface area contributed by atoms with Gasteiger partial charge in [0.05, 0.1) is 0 Å². The van der Waals surface area contributed by atoms with Gasteiger partial charge >= 0.3 is 0 Å². The van der Waals surface area contributed by atoms with Gasteiger partial charge in [0, 0.05) is 27.3 Å². The quantitative estimate of drug-likeness (QED) is 0.428. The largest absolute Gasteiger partial charge is 0.385 e. The SMILES string of the molecule is COCCCN(C)C(=O)c1cccc(NN)n1. The number of methoxy groups -OCH3 is 1. The van der Waals surface area contributed by atoms with Crippen LogP contribution in [0.3, 0.4) is 0 Å². The summed E-state index contributed by atoms with van der Waals surface area (Å²) < 4.78 is 4.93. The standard InChI is InChI=1S/C11H18N4O2/c1-15(7-4-8-17-2)11(16)9-5-3-6-10(13-9)14-12/h3,5-6H,4,7-8,12H2,1-2H3,(H,13,14). The van der Waals surface area contributed by atoms with E-state index in [-0.39, 0.29) is 5.91 Å². The highest BCUT2D eigenvalue weighted by atomic mass is 16.5. The predicted octanol–water partition coefficient (Wildman–Crippen LogP) is 0.476. The van der Waals surface area contributed by atoms with Crippen LogP contribution in [-0.2, 0) is 4.74 Å². The molecule has 0 saturated carbocycles. The second kappa shape index (κ2) is 6.82. The lowest BCUT2D eigenvalue weighted by Gasteiger charge is -2.16. The smallest absolute Gasteiger partial charge is 0.272 e. The van der Waals surface area contributed by atoms with E-state index in [1.165, 1.54) is 0 Å². The zero-order valence-electron chi connectivity index (χ0n) is 10.1. The number of nitrogens with zero attached hydrogens (tertiary/aromatic N) is 2. The molecule has 1 rings (SSSR count). The maximum atomic E-state index is 12.0. The van der Waals surface area contributed by atoms with Crippen LogP contribution >= 0.6 is 0 Å². The van der Waals surface area contributed by atoms with Crippen molar-refractivity contribution in [2.75, 3.05) is 32.7 Å². The zero-order chi connectivity index (χ0) is 12.7. The minimum Gasteiger partial charge on any atom is -0.385 e. The van der Waals surface area contributed by atoms with Crippen LogP contribution < -0.4 is 11.3 Å². The van der Waals surface area contributed by atoms with Gasteiger partial charge in [0.1, 0.15) is 11.5 Å². The molecule has 1 amide bonds. The third kappa shape index (κ3) is 4.01. The Bertz CT molecular complexity index is 370. The molecule has 0 aliphatic heterocycles. The first kappa shape index (κ1) is 13.4. The Labute approximate surface area is 101 Å². The van der Waals surface area contributed by atoms with E-state index in [4.69, 9.17) is 10.6 Å². The van der Waals surface area contributed by atoms with Gasteiger partial charge in [-0.1, -0.05) is 6.07 Å². The molecule has 0 saturated heterocycles. The molecule has 1 heterocycles. The molecule has 0 bridgehead atoms. The first-order chi connectivity index (χ1) is 8.19. The van der Waals surface area contributed by atoms with E-state index in [0.29, 0.717) is 24.7 Å². The Kier molecular flexibility index (Phi) is 5.38. The molecule has 0 atom stereocenters. The van der Waals surface area contributed by atoms with E-state index in [1.807, 2.05) is 0 Å². The summed E-state index contributed by atoms with van der Waals surface area (Å²) in [6, 6.07) is 5.09. The van der Waals surface area contributed by atoms with Gasteiger partial charge in [-0.25, -0.2) is 10.8 Å². The van der Waals surface area contributed by atoms with Crippen molar-refractivity contribution in [3.05, 3.63) is 23.9 Å². The summed E-state index contributed by atoms with van der Waals surface area (Å²) in [6.07, 6.45) is 0.799. The normalized spacial score (nSPS) is 10.1. The number of nitrogens with two attached hydrogens (primary N) is 1. The molecule has 0 aliphatic carbocycles. The van der Waals surface area contributed by atoms with Gasteiger partial charge in [-0.05, 0) is 18.6 Å². The topological polar surface area (TPSA) is 80.5 Å². The van der Waals surface area contributed by atoms with Crippen LogP contribution in [-0.4, -0.2) is 43.1 Å². The first-order valence-electron chi connectivity index (χ1n) is 5.37. The highest BCUT2D eigenvalue weighted by Gasteiger charge is 2.12. The van der Waals surface area contributed by atoms with Gasteiger partial charge in [-0.2, -0.15) is 0 Å². The summed E-state index contributed by atoms with van der Waals surface area (Å²) in [5, 5.41) is 0. The minimum absolute atomic E-state index is 0.127. The lowest BCUT2D eigenvalue weighted by Crippen LogP contribution is -2.29. The van der Waals surface area contributed by atoms with Crippen molar-refractivity contribution in [3.8, 4) is 0 Å². The average molecular weight is 238 g/mol. The molecular formula is C11H18N4O2. The van der Waals surface area contributed by atoms with Crippen LogP contribution in [0.2, 0.25) is 0 Å². The lowest BCUT2D eigenvalue weighted by molar-refractivity contribution is 0.0774. The van der Waals surface area contributed by atoms with Gasteiger partial charge < -0.3 is 15.1 Å². The molecule has 3 N–H and O–H groups in total. The number of hydrogen-bond acceptors (Lipinski definition) is 5. The van der Waals surface area contributed by atoms with E-state index in [9.17, 15) is 4.79 Å². The van der Waals surface area contributed by atoms with Crippen molar-refractivity contribution in [1.82, 2.24) is 9.88 Å². The van der Waals surface area contributed by atoms with Crippen LogP contribution in [0.5, 0.6) is 0 Å². The highest BCUT2D eigenvalue weighted by Crippen LogP contribution is 2.06. The van der Waals surface area contributed by atoms with Crippen LogP contribution in [0.4, 0.5) is 5.82 Å². The Morgan fingerprint density at radius 1 is 1.59 bits per heavy atom. The van der Waals surface area contributed by atoms with E-state index in [0.717, 1.165) is 6.42 Å². The fourth-order valence-electron chi connectivity index (χ4n) is 1.38. The van der Waals surface area contributed by atoms with Crippen LogP contribution in [0.15, 0.2) is 18.2 Å². The number of amides is 1. The molecule has 1 aromatic heterocycles. The first-order valence-corrected chi connectivity index (χ1v) is 5.37. The third-order valence-corrected chi connectivity index (χ3v) is 2.30. The highest BCUT2D eigenvalue weighted by molar-refractivity contribution is 5.92. The molecule has 6 heteroatoms. The van der Waals surface area contributed by atoms with Gasteiger partial charge in [-0.3, -0.25) is 4.79 Å². The molecule has 1 aromatic rings. The minimum atomic E-state index is -0.127. The molecule has 0 spiro atoms. The maximum Gasteiger partial charge on any atom is 0.272 e. The summed E-state index contributed by atoms with van der Waals surface area (Å²) in [5.41, 5.74) is 2.79. The average Bonchev–Trinajstić information content (AvgIpc) is 2.38. The van der Waals surface area contributed by atoms with Crippen LogP contribution in [0.1, 0.15) is 16.9 Å². The second-order valence-electron chi connectivity index (χ2n) is 3.63. The third-order valence-electron chi connectivity index (χ3n) is 2.30. The van der Waals surface area contributed by atoms with Gasteiger partial charge in [0.2, 0.25) is 0 Å². The van der Waals surface area contributed by atoms with E-state index >= 15 is 0 Å². The molecule has 6 nitrogen and oxygen atoms in total. The van der Waals surface area contributed by atoms with E-state index in [1.54, 1.807) is 37.3 Å². The van der Waals surface area contributed by atoms with Gasteiger partial charge in [-0.15, -0.1) is 0 Å². The fourth-order valence-corrected chi connectivity index (χ4v) is 1.38. The molecule has 0 fully saturated rings. The number of hydrogen-bond donors (Lipinski definition) is 2. The van der Waals surface area contributed by atoms with Crippen molar-refractivity contribution < 1.29 is 9.53 Å². The number of aromatic nitrogens is 1. The predicted molar refractivity (Wildman–Crippen MR) is 65.5 cm³/mol. The number of anilines is 1. The number of nitrogens with one attached hydrogen (secondary N) is 1. The number of pyridine rings is 1. The molecule has 0 unspecified atom stereocenters. The summed E-state index contributed by atoms with van der Waals surface area (Å²) in [7, 11) is 3.38. The lowest BCUT2D eigenvalue weighted by atomic mass is 10.3. The summed E-state index contributed by atoms with van der Waals surface area (Å²) in [4.78, 5) is 17.7. The van der Waals surface area contributed by atoms with Gasteiger partial charge in [0.15, 0.2) is 0 Å². The molecule has 0 aliphatic rings. The Morgan fingerprint density at radius 3 is 3.00 bits per heavy atom. The second-order valence-corrected chi connectivity index (χ2v) is 3.63. The van der Waals surface area contributed by atoms with Gasteiger partial charge in [0.25, 0.3) is 5.91 Å². The number of rotatable bonds is 6. The molecular weight excluding hydrogens is 220 g/mol. The number of nitrogen functional groups attached to an aromatic ring is 1. The molecule has 0 aromatic carbocycles. The summed E-state index contributed by atoms with van der Waals surface area (Å²) >= 11 is 0. The fraction of sp³-hybridized carbons (Fsp3) is 0.455.